The molecule has 0 spiro atoms. The first kappa shape index (κ1) is 17.9. The van der Waals surface area contributed by atoms with Crippen molar-refractivity contribution in [3.05, 3.63) is 65.7 Å². The zero-order valence-corrected chi connectivity index (χ0v) is 14.8. The molecule has 2 aromatic rings. The molecule has 134 valence electrons. The molecule has 1 aliphatic rings. The number of Topliss-reactive ketones (excluding diaryl/α,β-unsaturated/α-hetero) is 1. The van der Waals surface area contributed by atoms with Gasteiger partial charge in [-0.2, -0.15) is 0 Å². The SMILES string of the molecule is COc1cccc(/C=C(/C(=O)O[C@@H]2CCCCC2=O)c2ccccc2)c1. The lowest BCUT2D eigenvalue weighted by atomic mass is 9.96. The van der Waals surface area contributed by atoms with Crippen LogP contribution in [0.25, 0.3) is 11.6 Å². The molecular weight excluding hydrogens is 328 g/mol. The van der Waals surface area contributed by atoms with E-state index in [4.69, 9.17) is 9.47 Å². The molecule has 0 unspecified atom stereocenters. The van der Waals surface area contributed by atoms with Crippen molar-refractivity contribution in [1.82, 2.24) is 0 Å². The Morgan fingerprint density at radius 3 is 2.62 bits per heavy atom. The summed E-state index contributed by atoms with van der Waals surface area (Å²) < 4.78 is 10.8. The van der Waals surface area contributed by atoms with E-state index in [1.165, 1.54) is 0 Å². The highest BCUT2D eigenvalue weighted by Gasteiger charge is 2.27. The van der Waals surface area contributed by atoms with Crippen molar-refractivity contribution in [2.45, 2.75) is 31.8 Å². The molecular formula is C22H22O4. The van der Waals surface area contributed by atoms with Crippen LogP contribution in [-0.4, -0.2) is 25.0 Å². The second-order valence-corrected chi connectivity index (χ2v) is 6.31. The molecule has 2 aromatic carbocycles. The molecule has 1 aliphatic carbocycles. The number of esters is 1. The van der Waals surface area contributed by atoms with Crippen molar-refractivity contribution in [2.24, 2.45) is 0 Å². The molecule has 1 fully saturated rings. The zero-order valence-electron chi connectivity index (χ0n) is 14.8. The van der Waals surface area contributed by atoms with Gasteiger partial charge in [0.1, 0.15) is 5.75 Å². The predicted octanol–water partition coefficient (Wildman–Crippen LogP) is 4.29. The van der Waals surface area contributed by atoms with E-state index >= 15 is 0 Å². The van der Waals surface area contributed by atoms with Crippen LogP contribution in [0.15, 0.2) is 54.6 Å². The van der Waals surface area contributed by atoms with E-state index < -0.39 is 12.1 Å². The lowest BCUT2D eigenvalue weighted by Crippen LogP contribution is -2.30. The fraction of sp³-hybridized carbons (Fsp3) is 0.273. The molecule has 0 aliphatic heterocycles. The molecule has 1 atom stereocenters. The molecule has 26 heavy (non-hydrogen) atoms. The van der Waals surface area contributed by atoms with Crippen LogP contribution < -0.4 is 4.74 Å². The molecule has 4 nitrogen and oxygen atoms in total. The molecule has 0 aromatic heterocycles. The fourth-order valence-corrected chi connectivity index (χ4v) is 3.04. The summed E-state index contributed by atoms with van der Waals surface area (Å²) in [7, 11) is 1.60. The van der Waals surface area contributed by atoms with Crippen LogP contribution in [0, 0.1) is 0 Å². The van der Waals surface area contributed by atoms with Crippen LogP contribution in [0.2, 0.25) is 0 Å². The average molecular weight is 350 g/mol. The van der Waals surface area contributed by atoms with Gasteiger partial charge in [0.05, 0.1) is 12.7 Å². The van der Waals surface area contributed by atoms with E-state index in [-0.39, 0.29) is 5.78 Å². The number of benzene rings is 2. The lowest BCUT2D eigenvalue weighted by molar-refractivity contribution is -0.151. The van der Waals surface area contributed by atoms with Gasteiger partial charge in [0.25, 0.3) is 0 Å². The standard InChI is InChI=1S/C22H22O4/c1-25-18-11-7-8-16(14-18)15-19(17-9-3-2-4-10-17)22(24)26-21-13-6-5-12-20(21)23/h2-4,7-11,14-15,21H,5-6,12-13H2,1H3/b19-15+/t21-/m1/s1. The number of ketones is 1. The van der Waals surface area contributed by atoms with E-state index in [2.05, 4.69) is 0 Å². The summed E-state index contributed by atoms with van der Waals surface area (Å²) in [6.07, 6.45) is 4.01. The second kappa shape index (κ2) is 8.48. The number of carbonyl (C=O) groups excluding carboxylic acids is 2. The summed E-state index contributed by atoms with van der Waals surface area (Å²) in [5, 5.41) is 0. The normalized spacial score (nSPS) is 17.7. The van der Waals surface area contributed by atoms with Gasteiger partial charge in [0, 0.05) is 6.42 Å². The predicted molar refractivity (Wildman–Crippen MR) is 101 cm³/mol. The molecule has 4 heteroatoms. The molecule has 0 heterocycles. The third-order valence-electron chi connectivity index (χ3n) is 4.46. The number of hydrogen-bond acceptors (Lipinski definition) is 4. The Morgan fingerprint density at radius 2 is 1.88 bits per heavy atom. The average Bonchev–Trinajstić information content (AvgIpc) is 2.68. The van der Waals surface area contributed by atoms with Gasteiger partial charge in [-0.3, -0.25) is 4.79 Å². The van der Waals surface area contributed by atoms with Crippen molar-refractivity contribution < 1.29 is 19.1 Å². The number of methoxy groups -OCH3 is 1. The zero-order chi connectivity index (χ0) is 18.4. The summed E-state index contributed by atoms with van der Waals surface area (Å²) in [5.74, 6) is 0.250. The van der Waals surface area contributed by atoms with Gasteiger partial charge in [0.15, 0.2) is 11.9 Å². The highest BCUT2D eigenvalue weighted by atomic mass is 16.5. The smallest absolute Gasteiger partial charge is 0.339 e. The minimum absolute atomic E-state index is 0.0124. The number of ether oxygens (including phenoxy) is 2. The van der Waals surface area contributed by atoms with Crippen molar-refractivity contribution >= 4 is 23.4 Å². The van der Waals surface area contributed by atoms with Crippen LogP contribution in [0.3, 0.4) is 0 Å². The monoisotopic (exact) mass is 350 g/mol. The molecule has 0 bridgehead atoms. The highest BCUT2D eigenvalue weighted by Crippen LogP contribution is 2.25. The van der Waals surface area contributed by atoms with Gasteiger partial charge in [-0.15, -0.1) is 0 Å². The second-order valence-electron chi connectivity index (χ2n) is 6.31. The third kappa shape index (κ3) is 4.39. The van der Waals surface area contributed by atoms with Crippen molar-refractivity contribution in [3.8, 4) is 5.75 Å². The topological polar surface area (TPSA) is 52.6 Å². The summed E-state index contributed by atoms with van der Waals surface area (Å²) in [5.41, 5.74) is 2.01. The minimum Gasteiger partial charge on any atom is -0.497 e. The molecule has 0 amide bonds. The number of hydrogen-bond donors (Lipinski definition) is 0. The highest BCUT2D eigenvalue weighted by molar-refractivity contribution is 6.22. The summed E-state index contributed by atoms with van der Waals surface area (Å²) >= 11 is 0. The molecule has 0 N–H and O–H groups in total. The first-order chi connectivity index (χ1) is 12.7. The maximum absolute atomic E-state index is 12.8. The fourth-order valence-electron chi connectivity index (χ4n) is 3.04. The molecule has 0 saturated heterocycles. The third-order valence-corrected chi connectivity index (χ3v) is 4.46. The number of carbonyl (C=O) groups is 2. The van der Waals surface area contributed by atoms with Gasteiger partial charge in [-0.05, 0) is 48.6 Å². The Bertz CT molecular complexity index is 808. The van der Waals surface area contributed by atoms with Crippen LogP contribution in [0.4, 0.5) is 0 Å². The first-order valence-electron chi connectivity index (χ1n) is 8.82. The Balaban J connectivity index is 1.91. The summed E-state index contributed by atoms with van der Waals surface area (Å²) in [6, 6.07) is 16.8. The lowest BCUT2D eigenvalue weighted by Gasteiger charge is -2.21. The molecule has 0 radical (unpaired) electrons. The van der Waals surface area contributed by atoms with Crippen molar-refractivity contribution in [1.29, 1.82) is 0 Å². The number of rotatable bonds is 5. The quantitative estimate of drug-likeness (QED) is 0.458. The Kier molecular flexibility index (Phi) is 5.84. The van der Waals surface area contributed by atoms with E-state index in [0.29, 0.717) is 24.2 Å². The first-order valence-corrected chi connectivity index (χ1v) is 8.82. The van der Waals surface area contributed by atoms with Gasteiger partial charge in [-0.25, -0.2) is 4.79 Å². The van der Waals surface area contributed by atoms with Crippen LogP contribution >= 0.6 is 0 Å². The minimum atomic E-state index is -0.631. The van der Waals surface area contributed by atoms with Crippen LogP contribution in [0.1, 0.15) is 36.8 Å². The maximum atomic E-state index is 12.8. The van der Waals surface area contributed by atoms with E-state index in [9.17, 15) is 9.59 Å². The Morgan fingerprint density at radius 1 is 1.08 bits per heavy atom. The van der Waals surface area contributed by atoms with Crippen molar-refractivity contribution in [2.75, 3.05) is 7.11 Å². The van der Waals surface area contributed by atoms with Crippen molar-refractivity contribution in [3.63, 3.8) is 0 Å². The van der Waals surface area contributed by atoms with E-state index in [1.54, 1.807) is 13.2 Å². The van der Waals surface area contributed by atoms with E-state index in [1.807, 2.05) is 54.6 Å². The van der Waals surface area contributed by atoms with Crippen LogP contribution in [-0.2, 0) is 14.3 Å². The summed E-state index contributed by atoms with van der Waals surface area (Å²) in [6.45, 7) is 0. The maximum Gasteiger partial charge on any atom is 0.339 e. The van der Waals surface area contributed by atoms with Gasteiger partial charge >= 0.3 is 5.97 Å². The van der Waals surface area contributed by atoms with Gasteiger partial charge in [0.2, 0.25) is 0 Å². The Hall–Kier alpha value is -2.88. The Labute approximate surface area is 153 Å². The largest absolute Gasteiger partial charge is 0.497 e. The molecule has 1 saturated carbocycles. The van der Waals surface area contributed by atoms with Gasteiger partial charge in [-0.1, -0.05) is 42.5 Å². The van der Waals surface area contributed by atoms with Gasteiger partial charge < -0.3 is 9.47 Å². The summed E-state index contributed by atoms with van der Waals surface area (Å²) in [4.78, 5) is 24.9. The van der Waals surface area contributed by atoms with E-state index in [0.717, 1.165) is 24.0 Å². The molecule has 3 rings (SSSR count). The van der Waals surface area contributed by atoms with Crippen LogP contribution in [0.5, 0.6) is 5.75 Å².